The Bertz CT molecular complexity index is 722. The zero-order valence-corrected chi connectivity index (χ0v) is 10.6. The van der Waals surface area contributed by atoms with Gasteiger partial charge in [-0.25, -0.2) is 10.2 Å². The Morgan fingerprint density at radius 1 is 1.45 bits per heavy atom. The summed E-state index contributed by atoms with van der Waals surface area (Å²) in [5.74, 6) is -0.554. The molecular weight excluding hydrogens is 260 g/mol. The van der Waals surface area contributed by atoms with E-state index < -0.39 is 11.6 Å². The summed E-state index contributed by atoms with van der Waals surface area (Å²) in [5, 5.41) is 13.2. The van der Waals surface area contributed by atoms with E-state index in [2.05, 4.69) is 20.5 Å². The number of hydrazone groups is 1. The number of amides is 1. The molecule has 0 aliphatic carbocycles. The van der Waals surface area contributed by atoms with Crippen molar-refractivity contribution in [1.82, 2.24) is 15.4 Å². The van der Waals surface area contributed by atoms with Crippen molar-refractivity contribution in [3.05, 3.63) is 57.8 Å². The molecule has 3 N–H and O–H groups in total. The van der Waals surface area contributed by atoms with Crippen LogP contribution in [-0.2, 0) is 0 Å². The molecule has 102 valence electrons. The van der Waals surface area contributed by atoms with Crippen molar-refractivity contribution in [2.24, 2.45) is 5.10 Å². The summed E-state index contributed by atoms with van der Waals surface area (Å²) in [6.45, 7) is 1.64. The van der Waals surface area contributed by atoms with Gasteiger partial charge in [0.25, 0.3) is 5.91 Å². The van der Waals surface area contributed by atoms with Crippen molar-refractivity contribution in [3.8, 4) is 5.75 Å². The number of benzene rings is 1. The summed E-state index contributed by atoms with van der Waals surface area (Å²) >= 11 is 0. The van der Waals surface area contributed by atoms with Gasteiger partial charge in [-0.1, -0.05) is 12.1 Å². The number of para-hydroxylation sites is 1. The molecule has 0 aliphatic heterocycles. The Kier molecular flexibility index (Phi) is 3.90. The van der Waals surface area contributed by atoms with Gasteiger partial charge < -0.3 is 10.1 Å². The quantitative estimate of drug-likeness (QED) is 0.560. The molecule has 7 heteroatoms. The number of nitrogens with one attached hydrogen (secondary N) is 2. The molecule has 0 fully saturated rings. The van der Waals surface area contributed by atoms with E-state index in [9.17, 15) is 14.7 Å². The van der Waals surface area contributed by atoms with Gasteiger partial charge in [0.15, 0.2) is 0 Å². The van der Waals surface area contributed by atoms with Crippen LogP contribution < -0.4 is 11.1 Å². The van der Waals surface area contributed by atoms with Crippen molar-refractivity contribution < 1.29 is 9.90 Å². The number of phenols is 1. The number of aromatic nitrogens is 2. The molecule has 7 nitrogen and oxygen atoms in total. The molecule has 0 saturated heterocycles. The first-order valence-corrected chi connectivity index (χ1v) is 5.75. The molecule has 0 aliphatic rings. The van der Waals surface area contributed by atoms with E-state index in [1.807, 2.05) is 0 Å². The predicted octanol–water partition coefficient (Wildman–Crippen LogP) is 0.548. The third-order valence-electron chi connectivity index (χ3n) is 2.42. The molecule has 1 amide bonds. The van der Waals surface area contributed by atoms with Crippen molar-refractivity contribution in [2.45, 2.75) is 6.92 Å². The molecule has 2 rings (SSSR count). The summed E-state index contributed by atoms with van der Waals surface area (Å²) in [6, 6.07) is 7.98. The topological polar surface area (TPSA) is 107 Å². The molecule has 1 aromatic heterocycles. The fourth-order valence-corrected chi connectivity index (χ4v) is 1.51. The van der Waals surface area contributed by atoms with Crippen LogP contribution in [0.1, 0.15) is 21.7 Å². The van der Waals surface area contributed by atoms with Crippen LogP contribution in [0.15, 0.2) is 40.2 Å². The number of aryl methyl sites for hydroxylation is 1. The maximum atomic E-state index is 11.7. The summed E-state index contributed by atoms with van der Waals surface area (Å²) in [7, 11) is 0. The highest BCUT2D eigenvalue weighted by atomic mass is 16.3. The lowest BCUT2D eigenvalue weighted by molar-refractivity contribution is 0.0949. The van der Waals surface area contributed by atoms with Crippen molar-refractivity contribution in [2.75, 3.05) is 0 Å². The third kappa shape index (κ3) is 3.29. The molecule has 0 saturated carbocycles. The van der Waals surface area contributed by atoms with Crippen molar-refractivity contribution >= 4 is 12.1 Å². The van der Waals surface area contributed by atoms with Gasteiger partial charge in [0.05, 0.1) is 6.21 Å². The van der Waals surface area contributed by atoms with Gasteiger partial charge in [0, 0.05) is 11.3 Å². The van der Waals surface area contributed by atoms with E-state index in [-0.39, 0.29) is 11.4 Å². The lowest BCUT2D eigenvalue weighted by atomic mass is 10.2. The predicted molar refractivity (Wildman–Crippen MR) is 72.8 cm³/mol. The average Bonchev–Trinajstić information content (AvgIpc) is 2.39. The minimum atomic E-state index is -0.606. The third-order valence-corrected chi connectivity index (χ3v) is 2.42. The molecule has 20 heavy (non-hydrogen) atoms. The molecule has 0 unspecified atom stereocenters. The Labute approximate surface area is 114 Å². The fraction of sp³-hybridized carbons (Fsp3) is 0.0769. The van der Waals surface area contributed by atoms with Gasteiger partial charge in [-0.15, -0.1) is 0 Å². The minimum absolute atomic E-state index is 0.0271. The number of carbonyl (C=O) groups excluding carboxylic acids is 1. The van der Waals surface area contributed by atoms with Gasteiger partial charge in [0.1, 0.15) is 11.4 Å². The second-order valence-corrected chi connectivity index (χ2v) is 4.01. The second kappa shape index (κ2) is 5.79. The lowest BCUT2D eigenvalue weighted by Crippen LogP contribution is -2.24. The number of H-pyrrole nitrogens is 1. The first kappa shape index (κ1) is 13.5. The van der Waals surface area contributed by atoms with Crippen LogP contribution in [0.4, 0.5) is 0 Å². The van der Waals surface area contributed by atoms with Gasteiger partial charge >= 0.3 is 5.69 Å². The Balaban J connectivity index is 2.09. The maximum Gasteiger partial charge on any atom is 0.345 e. The second-order valence-electron chi connectivity index (χ2n) is 4.01. The molecule has 2 aromatic rings. The summed E-state index contributed by atoms with van der Waals surface area (Å²) in [6.07, 6.45) is 1.30. The lowest BCUT2D eigenvalue weighted by Gasteiger charge is -2.00. The van der Waals surface area contributed by atoms with Crippen LogP contribution in [0, 0.1) is 6.92 Å². The highest BCUT2D eigenvalue weighted by Crippen LogP contribution is 2.12. The summed E-state index contributed by atoms with van der Waals surface area (Å²) < 4.78 is 0. The first-order valence-electron chi connectivity index (χ1n) is 5.75. The van der Waals surface area contributed by atoms with Crippen molar-refractivity contribution in [3.63, 3.8) is 0 Å². The van der Waals surface area contributed by atoms with Gasteiger partial charge in [0.2, 0.25) is 0 Å². The molecular formula is C13H12N4O3. The SMILES string of the molecule is Cc1cc(C(=O)N/N=C/c2ccccc2O)nc(=O)[nH]1. The zero-order valence-electron chi connectivity index (χ0n) is 10.6. The Hall–Kier alpha value is -2.96. The largest absolute Gasteiger partial charge is 0.507 e. The average molecular weight is 272 g/mol. The molecule has 0 spiro atoms. The van der Waals surface area contributed by atoms with Crippen LogP contribution in [0.25, 0.3) is 0 Å². The number of nitrogens with zero attached hydrogens (tertiary/aromatic N) is 2. The number of phenolic OH excluding ortho intramolecular Hbond substituents is 1. The van der Waals surface area contributed by atoms with E-state index in [1.165, 1.54) is 18.3 Å². The summed E-state index contributed by atoms with van der Waals surface area (Å²) in [4.78, 5) is 28.8. The van der Waals surface area contributed by atoms with Crippen LogP contribution >= 0.6 is 0 Å². The highest BCUT2D eigenvalue weighted by molar-refractivity contribution is 5.93. The normalized spacial score (nSPS) is 10.7. The van der Waals surface area contributed by atoms with Crippen LogP contribution in [0.2, 0.25) is 0 Å². The molecule has 1 aromatic carbocycles. The van der Waals surface area contributed by atoms with Gasteiger partial charge in [-0.05, 0) is 25.1 Å². The Morgan fingerprint density at radius 3 is 2.90 bits per heavy atom. The number of hydrogen-bond donors (Lipinski definition) is 3. The molecule has 0 radical (unpaired) electrons. The van der Waals surface area contributed by atoms with E-state index in [0.29, 0.717) is 11.3 Å². The molecule has 0 atom stereocenters. The monoisotopic (exact) mass is 272 g/mol. The molecule has 0 bridgehead atoms. The van der Waals surface area contributed by atoms with Gasteiger partial charge in [-0.2, -0.15) is 10.1 Å². The zero-order chi connectivity index (χ0) is 14.5. The number of aromatic amines is 1. The van der Waals surface area contributed by atoms with E-state index in [4.69, 9.17) is 0 Å². The van der Waals surface area contributed by atoms with Crippen molar-refractivity contribution in [1.29, 1.82) is 0 Å². The van der Waals surface area contributed by atoms with Gasteiger partial charge in [-0.3, -0.25) is 4.79 Å². The Morgan fingerprint density at radius 2 is 2.20 bits per heavy atom. The fourth-order valence-electron chi connectivity index (χ4n) is 1.51. The van der Waals surface area contributed by atoms with E-state index in [0.717, 1.165) is 0 Å². The summed E-state index contributed by atoms with van der Waals surface area (Å²) in [5.41, 5.74) is 2.60. The maximum absolute atomic E-state index is 11.7. The van der Waals surface area contributed by atoms with E-state index >= 15 is 0 Å². The number of aromatic hydroxyl groups is 1. The minimum Gasteiger partial charge on any atom is -0.507 e. The number of rotatable bonds is 3. The number of hydrogen-bond acceptors (Lipinski definition) is 5. The smallest absolute Gasteiger partial charge is 0.345 e. The first-order chi connectivity index (χ1) is 9.56. The van der Waals surface area contributed by atoms with Crippen LogP contribution in [0.3, 0.4) is 0 Å². The molecule has 1 heterocycles. The van der Waals surface area contributed by atoms with Crippen LogP contribution in [0.5, 0.6) is 5.75 Å². The van der Waals surface area contributed by atoms with E-state index in [1.54, 1.807) is 25.1 Å². The van der Waals surface area contributed by atoms with Crippen LogP contribution in [-0.4, -0.2) is 27.2 Å². The standard InChI is InChI=1S/C13H12N4O3/c1-8-6-10(16-13(20)15-8)12(19)17-14-7-9-4-2-3-5-11(9)18/h2-7,18H,1H3,(H,17,19)(H,15,16,20)/b14-7+. The highest BCUT2D eigenvalue weighted by Gasteiger charge is 2.07. The number of carbonyl (C=O) groups is 1.